The number of fused-ring (bicyclic) bond motifs is 10. The molecule has 0 N–H and O–H groups in total. The third-order valence-corrected chi connectivity index (χ3v) is 10.4. The highest BCUT2D eigenvalue weighted by Crippen LogP contribution is 2.65. The highest BCUT2D eigenvalue weighted by Gasteiger charge is 2.53. The molecule has 0 fully saturated rings. The molecule has 7 aromatic carbocycles. The quantitative estimate of drug-likeness (QED) is 0.194. The molecule has 0 aromatic heterocycles. The Morgan fingerprint density at radius 3 is 1.47 bits per heavy atom. The first-order chi connectivity index (χ1) is 23.1. The van der Waals surface area contributed by atoms with Gasteiger partial charge < -0.3 is 4.90 Å². The van der Waals surface area contributed by atoms with Gasteiger partial charge in [-0.3, -0.25) is 0 Å². The second-order valence-corrected chi connectivity index (χ2v) is 13.1. The van der Waals surface area contributed by atoms with Crippen molar-refractivity contribution in [3.05, 3.63) is 197 Å². The summed E-state index contributed by atoms with van der Waals surface area (Å²) in [4.78, 5) is 2.49. The van der Waals surface area contributed by atoms with Crippen LogP contribution in [0.5, 0.6) is 0 Å². The van der Waals surface area contributed by atoms with Gasteiger partial charge in [0.05, 0.1) is 11.1 Å². The first kappa shape index (κ1) is 27.6. The normalized spacial score (nSPS) is 13.2. The van der Waals surface area contributed by atoms with Crippen LogP contribution in [-0.4, -0.2) is 0 Å². The fraction of sp³-hybridized carbons (Fsp3) is 0.0870. The summed E-state index contributed by atoms with van der Waals surface area (Å²) in [5.41, 5.74) is 20.1. The molecule has 0 unspecified atom stereocenters. The highest BCUT2D eigenvalue weighted by atomic mass is 15.1. The van der Waals surface area contributed by atoms with Crippen LogP contribution in [0.1, 0.15) is 38.9 Å². The number of nitrogens with zero attached hydrogens (tertiary/aromatic N) is 1. The smallest absolute Gasteiger partial charge is 0.0746 e. The Labute approximate surface area is 277 Å². The zero-order chi connectivity index (χ0) is 31.7. The zero-order valence-electron chi connectivity index (χ0n) is 27.0. The molecule has 47 heavy (non-hydrogen) atoms. The topological polar surface area (TPSA) is 3.24 Å². The Hall–Kier alpha value is -5.66. The Morgan fingerprint density at radius 1 is 0.383 bits per heavy atom. The van der Waals surface area contributed by atoms with Crippen LogP contribution in [0.25, 0.3) is 33.4 Å². The van der Waals surface area contributed by atoms with Gasteiger partial charge in [-0.2, -0.15) is 0 Å². The van der Waals surface area contributed by atoms with E-state index in [9.17, 15) is 0 Å². The van der Waals surface area contributed by atoms with Crippen molar-refractivity contribution in [3.8, 4) is 33.4 Å². The van der Waals surface area contributed by atoms with E-state index >= 15 is 0 Å². The number of rotatable bonds is 4. The van der Waals surface area contributed by atoms with E-state index in [2.05, 4.69) is 183 Å². The summed E-state index contributed by atoms with van der Waals surface area (Å²) in [5, 5.41) is 0. The van der Waals surface area contributed by atoms with E-state index in [1.807, 2.05) is 0 Å². The molecule has 0 aliphatic heterocycles. The SMILES string of the molecule is Cc1ccc(N(c2ccc(-c3ccccc3C)c(C)c2)c2cccc3c2C2(c4ccccc4-c4ccccc42)c2ccccc2-3)cc1. The van der Waals surface area contributed by atoms with Gasteiger partial charge in [-0.15, -0.1) is 0 Å². The molecule has 0 amide bonds. The summed E-state index contributed by atoms with van der Waals surface area (Å²) >= 11 is 0. The molecule has 1 heteroatoms. The average Bonchev–Trinajstić information content (AvgIpc) is 3.58. The van der Waals surface area contributed by atoms with E-state index in [4.69, 9.17) is 0 Å². The van der Waals surface area contributed by atoms with Crippen LogP contribution < -0.4 is 4.90 Å². The number of hydrogen-bond donors (Lipinski definition) is 0. The summed E-state index contributed by atoms with van der Waals surface area (Å²) in [5.74, 6) is 0. The molecule has 2 aliphatic carbocycles. The maximum absolute atomic E-state index is 2.49. The Balaban J connectivity index is 1.36. The maximum Gasteiger partial charge on any atom is 0.0746 e. The van der Waals surface area contributed by atoms with Gasteiger partial charge in [-0.25, -0.2) is 0 Å². The lowest BCUT2D eigenvalue weighted by Crippen LogP contribution is -2.28. The van der Waals surface area contributed by atoms with Gasteiger partial charge in [0.15, 0.2) is 0 Å². The molecule has 0 saturated heterocycles. The minimum atomic E-state index is -0.436. The van der Waals surface area contributed by atoms with E-state index in [-0.39, 0.29) is 0 Å². The highest BCUT2D eigenvalue weighted by molar-refractivity contribution is 5.99. The van der Waals surface area contributed by atoms with Crippen molar-refractivity contribution in [2.45, 2.75) is 26.2 Å². The summed E-state index contributed by atoms with van der Waals surface area (Å²) < 4.78 is 0. The van der Waals surface area contributed by atoms with Gasteiger partial charge >= 0.3 is 0 Å². The molecule has 224 valence electrons. The van der Waals surface area contributed by atoms with E-state index < -0.39 is 5.41 Å². The summed E-state index contributed by atoms with van der Waals surface area (Å²) in [7, 11) is 0. The van der Waals surface area contributed by atoms with Crippen LogP contribution in [0, 0.1) is 20.8 Å². The van der Waals surface area contributed by atoms with Crippen LogP contribution in [-0.2, 0) is 5.41 Å². The molecule has 0 saturated carbocycles. The van der Waals surface area contributed by atoms with Crippen molar-refractivity contribution >= 4 is 17.1 Å². The van der Waals surface area contributed by atoms with Gasteiger partial charge in [-0.05, 0) is 112 Å². The number of anilines is 3. The van der Waals surface area contributed by atoms with Crippen LogP contribution in [0.15, 0.2) is 158 Å². The van der Waals surface area contributed by atoms with Gasteiger partial charge in [-0.1, -0.05) is 133 Å². The predicted molar refractivity (Wildman–Crippen MR) is 197 cm³/mol. The van der Waals surface area contributed by atoms with E-state index in [1.54, 1.807) is 0 Å². The second kappa shape index (κ2) is 10.4. The van der Waals surface area contributed by atoms with Crippen LogP contribution in [0.2, 0.25) is 0 Å². The lowest BCUT2D eigenvalue weighted by atomic mass is 9.70. The minimum Gasteiger partial charge on any atom is -0.310 e. The van der Waals surface area contributed by atoms with E-state index in [1.165, 1.54) is 78.0 Å². The summed E-state index contributed by atoms with van der Waals surface area (Å²) in [6, 6.07) is 58.7. The molecule has 0 atom stereocenters. The molecule has 7 aromatic rings. The van der Waals surface area contributed by atoms with Crippen LogP contribution in [0.4, 0.5) is 17.1 Å². The van der Waals surface area contributed by atoms with Crippen molar-refractivity contribution < 1.29 is 0 Å². The minimum absolute atomic E-state index is 0.436. The molecular formula is C46H35N. The van der Waals surface area contributed by atoms with Gasteiger partial charge in [0.1, 0.15) is 0 Å². The first-order valence-electron chi connectivity index (χ1n) is 16.5. The van der Waals surface area contributed by atoms with Crippen LogP contribution >= 0.6 is 0 Å². The van der Waals surface area contributed by atoms with Crippen molar-refractivity contribution in [1.82, 2.24) is 0 Å². The second-order valence-electron chi connectivity index (χ2n) is 13.1. The van der Waals surface area contributed by atoms with Crippen molar-refractivity contribution in [1.29, 1.82) is 0 Å². The first-order valence-corrected chi connectivity index (χ1v) is 16.5. The molecule has 0 radical (unpaired) electrons. The largest absolute Gasteiger partial charge is 0.310 e. The fourth-order valence-corrected chi connectivity index (χ4v) is 8.40. The summed E-state index contributed by atoms with van der Waals surface area (Å²) in [6.45, 7) is 6.60. The number of aryl methyl sites for hydroxylation is 3. The van der Waals surface area contributed by atoms with Crippen molar-refractivity contribution in [2.75, 3.05) is 4.90 Å². The summed E-state index contributed by atoms with van der Waals surface area (Å²) in [6.07, 6.45) is 0. The van der Waals surface area contributed by atoms with Gasteiger partial charge in [0.2, 0.25) is 0 Å². The predicted octanol–water partition coefficient (Wildman–Crippen LogP) is 12.1. The lowest BCUT2D eigenvalue weighted by molar-refractivity contribution is 0.793. The number of benzene rings is 7. The molecule has 0 bridgehead atoms. The van der Waals surface area contributed by atoms with Crippen molar-refractivity contribution in [3.63, 3.8) is 0 Å². The van der Waals surface area contributed by atoms with Crippen LogP contribution in [0.3, 0.4) is 0 Å². The Morgan fingerprint density at radius 2 is 0.872 bits per heavy atom. The van der Waals surface area contributed by atoms with E-state index in [0.29, 0.717) is 0 Å². The Bertz CT molecular complexity index is 2280. The molecule has 1 nitrogen and oxygen atoms in total. The van der Waals surface area contributed by atoms with Gasteiger partial charge in [0, 0.05) is 16.9 Å². The van der Waals surface area contributed by atoms with E-state index in [0.717, 1.165) is 11.4 Å². The zero-order valence-corrected chi connectivity index (χ0v) is 27.0. The monoisotopic (exact) mass is 601 g/mol. The fourth-order valence-electron chi connectivity index (χ4n) is 8.40. The molecule has 0 heterocycles. The number of hydrogen-bond acceptors (Lipinski definition) is 1. The Kier molecular flexibility index (Phi) is 6.14. The molecule has 9 rings (SSSR count). The van der Waals surface area contributed by atoms with Gasteiger partial charge in [0.25, 0.3) is 0 Å². The third kappa shape index (κ3) is 3.90. The molecule has 2 aliphatic rings. The maximum atomic E-state index is 2.49. The third-order valence-electron chi connectivity index (χ3n) is 10.4. The standard InChI is InChI=1S/C46H35N/c1-30-23-25-33(26-24-30)47(34-27-28-36(32(3)29-34)35-14-5-4-13-31(35)2)44-22-12-18-40-39-17-8-11-21-43(39)46(45(40)44)41-19-9-6-15-37(41)38-16-7-10-20-42(38)46/h4-29H,1-3H3. The van der Waals surface area contributed by atoms with Crippen molar-refractivity contribution in [2.24, 2.45) is 0 Å². The molecule has 1 spiro atoms. The molecular weight excluding hydrogens is 567 g/mol. The average molecular weight is 602 g/mol. The lowest BCUT2D eigenvalue weighted by Gasteiger charge is -2.36.